The van der Waals surface area contributed by atoms with Gasteiger partial charge in [-0.25, -0.2) is 0 Å². The summed E-state index contributed by atoms with van der Waals surface area (Å²) in [5.74, 6) is 1.14. The molecule has 0 aliphatic carbocycles. The Morgan fingerprint density at radius 3 is 2.64 bits per heavy atom. The lowest BCUT2D eigenvalue weighted by Gasteiger charge is -2.06. The van der Waals surface area contributed by atoms with Gasteiger partial charge in [0.1, 0.15) is 0 Å². The molecule has 78 valence electrons. The van der Waals surface area contributed by atoms with Crippen LogP contribution in [0.3, 0.4) is 0 Å². The number of aryl methyl sites for hydroxylation is 1. The summed E-state index contributed by atoms with van der Waals surface area (Å²) in [5.41, 5.74) is 1.29. The van der Waals surface area contributed by atoms with Crippen molar-refractivity contribution in [3.8, 4) is 0 Å². The molecule has 14 heavy (non-hydrogen) atoms. The van der Waals surface area contributed by atoms with Gasteiger partial charge < -0.3 is 0 Å². The third-order valence-electron chi connectivity index (χ3n) is 2.10. The highest BCUT2D eigenvalue weighted by Crippen LogP contribution is 2.29. The molecule has 0 spiro atoms. The van der Waals surface area contributed by atoms with Crippen LogP contribution in [-0.2, 0) is 0 Å². The van der Waals surface area contributed by atoms with Crippen LogP contribution in [0.2, 0.25) is 0 Å². The molecule has 0 atom stereocenters. The van der Waals surface area contributed by atoms with Crippen molar-refractivity contribution in [1.29, 1.82) is 0 Å². The fourth-order valence-electron chi connectivity index (χ4n) is 1.09. The largest absolute Gasteiger partial charge is 0.140 e. The first-order valence-corrected chi connectivity index (χ1v) is 6.71. The molecular formula is C11H14BrClS. The van der Waals surface area contributed by atoms with Crippen molar-refractivity contribution >= 4 is 44.9 Å². The molecule has 0 bridgehead atoms. The summed E-state index contributed by atoms with van der Waals surface area (Å²) in [6, 6.07) is 2.15. The van der Waals surface area contributed by atoms with E-state index in [9.17, 15) is 0 Å². The van der Waals surface area contributed by atoms with Gasteiger partial charge in [0.2, 0.25) is 0 Å². The summed E-state index contributed by atoms with van der Waals surface area (Å²) in [6.45, 7) is 6.45. The van der Waals surface area contributed by atoms with Crippen LogP contribution in [0.25, 0.3) is 6.08 Å². The van der Waals surface area contributed by atoms with Gasteiger partial charge in [0, 0.05) is 20.1 Å². The highest BCUT2D eigenvalue weighted by molar-refractivity contribution is 9.10. The number of hydrogen-bond donors (Lipinski definition) is 0. The topological polar surface area (TPSA) is 0 Å². The maximum Gasteiger partial charge on any atom is 0.0439 e. The first kappa shape index (κ1) is 12.3. The second-order valence-corrected chi connectivity index (χ2v) is 5.97. The first-order valence-electron chi connectivity index (χ1n) is 4.57. The van der Waals surface area contributed by atoms with Gasteiger partial charge in [0.25, 0.3) is 0 Å². The Hall–Kier alpha value is 0.210. The summed E-state index contributed by atoms with van der Waals surface area (Å²) >= 11 is 11.2. The van der Waals surface area contributed by atoms with E-state index in [1.807, 2.05) is 0 Å². The van der Waals surface area contributed by atoms with E-state index in [4.69, 9.17) is 11.6 Å². The zero-order chi connectivity index (χ0) is 10.7. The Kier molecular flexibility index (Phi) is 4.68. The number of alkyl halides is 1. The number of hydrogen-bond acceptors (Lipinski definition) is 1. The zero-order valence-electron chi connectivity index (χ0n) is 8.60. The minimum atomic E-state index is 0.522. The maximum atomic E-state index is 5.88. The van der Waals surface area contributed by atoms with E-state index >= 15 is 0 Å². The molecule has 0 nitrogen and oxygen atoms in total. The Bertz CT molecular complexity index is 320. The summed E-state index contributed by atoms with van der Waals surface area (Å²) in [4.78, 5) is 2.59. The fraction of sp³-hybridized carbons (Fsp3) is 0.455. The van der Waals surface area contributed by atoms with Gasteiger partial charge >= 0.3 is 0 Å². The van der Waals surface area contributed by atoms with Crippen molar-refractivity contribution in [3.05, 3.63) is 25.9 Å². The molecule has 0 N–H and O–H groups in total. The van der Waals surface area contributed by atoms with E-state index in [2.05, 4.69) is 48.8 Å². The van der Waals surface area contributed by atoms with Crippen molar-refractivity contribution in [1.82, 2.24) is 0 Å². The molecular weight excluding hydrogens is 280 g/mol. The molecule has 1 aromatic rings. The average Bonchev–Trinajstić information content (AvgIpc) is 2.41. The molecule has 0 unspecified atom stereocenters. The smallest absolute Gasteiger partial charge is 0.0439 e. The third-order valence-corrected chi connectivity index (χ3v) is 4.49. The predicted octanol–water partition coefficient (Wildman–Crippen LogP) is 5.10. The summed E-state index contributed by atoms with van der Waals surface area (Å²) in [7, 11) is 0. The molecule has 0 aromatic carbocycles. The van der Waals surface area contributed by atoms with Crippen LogP contribution < -0.4 is 0 Å². The molecule has 0 saturated heterocycles. The highest BCUT2D eigenvalue weighted by Gasteiger charge is 2.05. The SMILES string of the molecule is Cc1sc(/C=C(/CCl)C(C)C)cc1Br. The molecule has 0 radical (unpaired) electrons. The Morgan fingerprint density at radius 1 is 1.64 bits per heavy atom. The quantitative estimate of drug-likeness (QED) is 0.680. The van der Waals surface area contributed by atoms with Gasteiger partial charge in [-0.3, -0.25) is 0 Å². The van der Waals surface area contributed by atoms with Crippen molar-refractivity contribution in [2.45, 2.75) is 20.8 Å². The normalized spacial score (nSPS) is 12.6. The molecule has 1 heterocycles. The molecule has 0 aliphatic heterocycles. The van der Waals surface area contributed by atoms with Crippen LogP contribution in [0.4, 0.5) is 0 Å². The second kappa shape index (κ2) is 5.34. The van der Waals surface area contributed by atoms with Gasteiger partial charge in [-0.05, 0) is 40.9 Å². The average molecular weight is 294 g/mol. The molecule has 0 saturated carbocycles. The minimum Gasteiger partial charge on any atom is -0.140 e. The monoisotopic (exact) mass is 292 g/mol. The van der Waals surface area contributed by atoms with E-state index in [1.54, 1.807) is 11.3 Å². The van der Waals surface area contributed by atoms with Gasteiger partial charge in [0.05, 0.1) is 0 Å². The van der Waals surface area contributed by atoms with Crippen molar-refractivity contribution < 1.29 is 0 Å². The van der Waals surface area contributed by atoms with Crippen LogP contribution in [-0.4, -0.2) is 5.88 Å². The lowest BCUT2D eigenvalue weighted by atomic mass is 10.0. The zero-order valence-corrected chi connectivity index (χ0v) is 11.8. The standard InChI is InChI=1S/C11H14BrClS/c1-7(2)9(6-13)4-10-5-11(12)8(3)14-10/h4-5,7H,6H2,1-3H3/b9-4-. The van der Waals surface area contributed by atoms with Crippen molar-refractivity contribution in [3.63, 3.8) is 0 Å². The van der Waals surface area contributed by atoms with E-state index in [0.29, 0.717) is 11.8 Å². The van der Waals surface area contributed by atoms with Gasteiger partial charge in [-0.15, -0.1) is 22.9 Å². The molecule has 0 amide bonds. The van der Waals surface area contributed by atoms with E-state index in [1.165, 1.54) is 19.8 Å². The molecule has 0 aliphatic rings. The number of halogens is 2. The van der Waals surface area contributed by atoms with E-state index in [-0.39, 0.29) is 0 Å². The predicted molar refractivity (Wildman–Crippen MR) is 70.3 cm³/mol. The highest BCUT2D eigenvalue weighted by atomic mass is 79.9. The first-order chi connectivity index (χ1) is 6.54. The molecule has 0 fully saturated rings. The van der Waals surface area contributed by atoms with Gasteiger partial charge in [-0.1, -0.05) is 19.4 Å². The lowest BCUT2D eigenvalue weighted by molar-refractivity contribution is 0.778. The molecule has 1 rings (SSSR count). The Balaban J connectivity index is 2.94. The van der Waals surface area contributed by atoms with Crippen LogP contribution in [0.15, 0.2) is 16.1 Å². The fourth-order valence-corrected chi connectivity index (χ4v) is 3.02. The molecule has 3 heteroatoms. The summed E-state index contributed by atoms with van der Waals surface area (Å²) < 4.78 is 1.19. The Labute approximate surface area is 103 Å². The maximum absolute atomic E-state index is 5.88. The Morgan fingerprint density at radius 2 is 2.29 bits per heavy atom. The van der Waals surface area contributed by atoms with Crippen molar-refractivity contribution in [2.24, 2.45) is 5.92 Å². The van der Waals surface area contributed by atoms with Crippen LogP contribution in [0.1, 0.15) is 23.6 Å². The van der Waals surface area contributed by atoms with Crippen LogP contribution in [0, 0.1) is 12.8 Å². The number of rotatable bonds is 3. The van der Waals surface area contributed by atoms with Crippen molar-refractivity contribution in [2.75, 3.05) is 5.88 Å². The van der Waals surface area contributed by atoms with Crippen LogP contribution >= 0.6 is 38.9 Å². The lowest BCUT2D eigenvalue weighted by Crippen LogP contribution is -1.94. The number of allylic oxidation sites excluding steroid dienone is 1. The van der Waals surface area contributed by atoms with E-state index < -0.39 is 0 Å². The third kappa shape index (κ3) is 3.11. The van der Waals surface area contributed by atoms with E-state index in [0.717, 1.165) is 0 Å². The van der Waals surface area contributed by atoms with Crippen LogP contribution in [0.5, 0.6) is 0 Å². The second-order valence-electron chi connectivity index (χ2n) is 3.56. The molecule has 1 aromatic heterocycles. The van der Waals surface area contributed by atoms with Gasteiger partial charge in [-0.2, -0.15) is 0 Å². The minimum absolute atomic E-state index is 0.522. The van der Waals surface area contributed by atoms with Gasteiger partial charge in [0.15, 0.2) is 0 Å². The summed E-state index contributed by atoms with van der Waals surface area (Å²) in [5, 5.41) is 0. The number of thiophene rings is 1. The summed E-state index contributed by atoms with van der Waals surface area (Å²) in [6.07, 6.45) is 2.19.